The van der Waals surface area contributed by atoms with Gasteiger partial charge in [-0.05, 0) is 12.8 Å². The Morgan fingerprint density at radius 1 is 1.23 bits per heavy atom. The van der Waals surface area contributed by atoms with Gasteiger partial charge in [-0.3, -0.25) is 9.59 Å². The van der Waals surface area contributed by atoms with E-state index in [-0.39, 0.29) is 25.2 Å². The van der Waals surface area contributed by atoms with Gasteiger partial charge < -0.3 is 35.3 Å². The molecule has 0 aromatic carbocycles. The smallest absolute Gasteiger partial charge is 0.305 e. The first kappa shape index (κ1) is 20.5. The van der Waals surface area contributed by atoms with Crippen LogP contribution in [0.2, 0.25) is 0 Å². The molecule has 0 aromatic rings. The standard InChI is InChI=1S/C13H23NO8/c1-22-10(18)4-2-3-5-14-13(21)12(20)8(6-15)11(19)9(17)7-16/h6,8-9,11-12,16-17,19-20H,2-5,7H2,1H3,(H,14,21). The zero-order valence-electron chi connectivity index (χ0n) is 12.3. The predicted octanol–water partition coefficient (Wildman–Crippen LogP) is -2.66. The molecular formula is C13H23NO8. The van der Waals surface area contributed by atoms with Crippen LogP contribution in [-0.4, -0.2) is 77.2 Å². The van der Waals surface area contributed by atoms with Crippen LogP contribution in [0, 0.1) is 5.92 Å². The Bertz CT molecular complexity index is 362. The van der Waals surface area contributed by atoms with Crippen molar-refractivity contribution in [3.05, 3.63) is 0 Å². The number of amides is 1. The molecule has 5 N–H and O–H groups in total. The summed E-state index contributed by atoms with van der Waals surface area (Å²) in [5.74, 6) is -2.81. The van der Waals surface area contributed by atoms with Gasteiger partial charge >= 0.3 is 5.97 Å². The quantitative estimate of drug-likeness (QED) is 0.157. The van der Waals surface area contributed by atoms with Crippen LogP contribution in [0.5, 0.6) is 0 Å². The fourth-order valence-electron chi connectivity index (χ4n) is 1.69. The lowest BCUT2D eigenvalue weighted by atomic mass is 9.93. The van der Waals surface area contributed by atoms with Gasteiger partial charge in [0.15, 0.2) is 0 Å². The van der Waals surface area contributed by atoms with Crippen molar-refractivity contribution in [1.82, 2.24) is 5.32 Å². The second kappa shape index (κ2) is 11.1. The highest BCUT2D eigenvalue weighted by Crippen LogP contribution is 2.11. The Kier molecular flexibility index (Phi) is 10.3. The fourth-order valence-corrected chi connectivity index (χ4v) is 1.69. The molecule has 4 unspecified atom stereocenters. The summed E-state index contributed by atoms with van der Waals surface area (Å²) in [4.78, 5) is 33.4. The van der Waals surface area contributed by atoms with E-state index in [9.17, 15) is 29.7 Å². The normalized spacial score (nSPS) is 16.2. The molecule has 0 spiro atoms. The maximum Gasteiger partial charge on any atom is 0.305 e. The summed E-state index contributed by atoms with van der Waals surface area (Å²) in [5.41, 5.74) is 0. The SMILES string of the molecule is COC(=O)CCCCNC(=O)C(O)C(C=O)C(O)C(O)CO. The van der Waals surface area contributed by atoms with E-state index >= 15 is 0 Å². The molecular weight excluding hydrogens is 298 g/mol. The minimum absolute atomic E-state index is 0.144. The summed E-state index contributed by atoms with van der Waals surface area (Å²) < 4.78 is 4.44. The van der Waals surface area contributed by atoms with Crippen molar-refractivity contribution in [3.8, 4) is 0 Å². The fraction of sp³-hybridized carbons (Fsp3) is 0.769. The van der Waals surface area contributed by atoms with Crippen LogP contribution in [0.1, 0.15) is 19.3 Å². The zero-order valence-corrected chi connectivity index (χ0v) is 12.3. The minimum atomic E-state index is -1.85. The molecule has 1 amide bonds. The Labute approximate surface area is 127 Å². The van der Waals surface area contributed by atoms with Gasteiger partial charge in [-0.25, -0.2) is 0 Å². The third-order valence-electron chi connectivity index (χ3n) is 3.10. The third-order valence-corrected chi connectivity index (χ3v) is 3.10. The predicted molar refractivity (Wildman–Crippen MR) is 73.5 cm³/mol. The van der Waals surface area contributed by atoms with E-state index in [2.05, 4.69) is 10.1 Å². The Balaban J connectivity index is 4.23. The zero-order chi connectivity index (χ0) is 17.1. The minimum Gasteiger partial charge on any atom is -0.469 e. The second-order valence-corrected chi connectivity index (χ2v) is 4.72. The number of hydrogen-bond donors (Lipinski definition) is 5. The summed E-state index contributed by atoms with van der Waals surface area (Å²) in [6.45, 7) is -0.648. The first-order valence-electron chi connectivity index (χ1n) is 6.83. The van der Waals surface area contributed by atoms with E-state index in [4.69, 9.17) is 5.11 Å². The number of nitrogens with one attached hydrogen (secondary N) is 1. The monoisotopic (exact) mass is 321 g/mol. The number of aliphatic hydroxyl groups excluding tert-OH is 4. The average Bonchev–Trinajstić information content (AvgIpc) is 2.53. The molecule has 0 bridgehead atoms. The molecule has 9 nitrogen and oxygen atoms in total. The van der Waals surface area contributed by atoms with E-state index in [0.717, 1.165) is 0 Å². The van der Waals surface area contributed by atoms with Crippen molar-refractivity contribution >= 4 is 18.2 Å². The maximum atomic E-state index is 11.6. The molecule has 0 aliphatic heterocycles. The molecule has 9 heteroatoms. The van der Waals surface area contributed by atoms with E-state index in [0.29, 0.717) is 12.8 Å². The van der Waals surface area contributed by atoms with Crippen LogP contribution >= 0.6 is 0 Å². The van der Waals surface area contributed by atoms with Crippen LogP contribution in [0.15, 0.2) is 0 Å². The molecule has 0 fully saturated rings. The molecule has 0 aromatic heterocycles. The number of unbranched alkanes of at least 4 members (excludes halogenated alkanes) is 1. The van der Waals surface area contributed by atoms with Gasteiger partial charge in [0.2, 0.25) is 5.91 Å². The van der Waals surface area contributed by atoms with Crippen molar-refractivity contribution in [3.63, 3.8) is 0 Å². The molecule has 22 heavy (non-hydrogen) atoms. The molecule has 4 atom stereocenters. The lowest BCUT2D eigenvalue weighted by Crippen LogP contribution is -2.48. The van der Waals surface area contributed by atoms with Gasteiger partial charge in [0.25, 0.3) is 0 Å². The van der Waals surface area contributed by atoms with Gasteiger partial charge in [0.1, 0.15) is 18.5 Å². The van der Waals surface area contributed by atoms with Gasteiger partial charge in [-0.1, -0.05) is 0 Å². The highest BCUT2D eigenvalue weighted by molar-refractivity contribution is 5.84. The lowest BCUT2D eigenvalue weighted by Gasteiger charge is -2.25. The first-order chi connectivity index (χ1) is 10.4. The summed E-state index contributed by atoms with van der Waals surface area (Å²) in [6.07, 6.45) is -3.97. The largest absolute Gasteiger partial charge is 0.469 e. The van der Waals surface area contributed by atoms with Crippen molar-refractivity contribution in [2.45, 2.75) is 37.6 Å². The van der Waals surface area contributed by atoms with E-state index in [1.54, 1.807) is 0 Å². The highest BCUT2D eigenvalue weighted by atomic mass is 16.5. The summed E-state index contributed by atoms with van der Waals surface area (Å²) >= 11 is 0. The van der Waals surface area contributed by atoms with Gasteiger partial charge in [0.05, 0.1) is 25.7 Å². The molecule has 0 radical (unpaired) electrons. The van der Waals surface area contributed by atoms with E-state index in [1.807, 2.05) is 0 Å². The van der Waals surface area contributed by atoms with Crippen molar-refractivity contribution in [2.75, 3.05) is 20.3 Å². The number of carbonyl (C=O) groups is 3. The molecule has 0 rings (SSSR count). The molecule has 0 aliphatic carbocycles. The topological polar surface area (TPSA) is 153 Å². The number of rotatable bonds is 11. The number of methoxy groups -OCH3 is 1. The maximum absolute atomic E-state index is 11.6. The number of aldehydes is 1. The van der Waals surface area contributed by atoms with Crippen molar-refractivity contribution < 1.29 is 39.5 Å². The third kappa shape index (κ3) is 6.94. The summed E-state index contributed by atoms with van der Waals surface area (Å²) in [7, 11) is 1.27. The molecule has 0 saturated heterocycles. The lowest BCUT2D eigenvalue weighted by molar-refractivity contribution is -0.144. The van der Waals surface area contributed by atoms with Crippen LogP contribution in [-0.2, 0) is 19.1 Å². The molecule has 0 saturated carbocycles. The Morgan fingerprint density at radius 2 is 1.86 bits per heavy atom. The van der Waals surface area contributed by atoms with E-state index in [1.165, 1.54) is 7.11 Å². The number of hydrogen-bond acceptors (Lipinski definition) is 8. The van der Waals surface area contributed by atoms with Crippen LogP contribution in [0.25, 0.3) is 0 Å². The van der Waals surface area contributed by atoms with Crippen LogP contribution < -0.4 is 5.32 Å². The Morgan fingerprint density at radius 3 is 2.36 bits per heavy atom. The molecule has 0 heterocycles. The van der Waals surface area contributed by atoms with Crippen LogP contribution in [0.3, 0.4) is 0 Å². The molecule has 0 aliphatic rings. The van der Waals surface area contributed by atoms with Gasteiger partial charge in [0, 0.05) is 13.0 Å². The van der Waals surface area contributed by atoms with Crippen molar-refractivity contribution in [1.29, 1.82) is 0 Å². The van der Waals surface area contributed by atoms with Gasteiger partial charge in [-0.2, -0.15) is 0 Å². The number of esters is 1. The Hall–Kier alpha value is -1.55. The number of carbonyl (C=O) groups excluding carboxylic acids is 3. The van der Waals surface area contributed by atoms with E-state index < -0.39 is 36.7 Å². The highest BCUT2D eigenvalue weighted by Gasteiger charge is 2.35. The number of aliphatic hydroxyl groups is 4. The summed E-state index contributed by atoms with van der Waals surface area (Å²) in [6, 6.07) is 0. The van der Waals surface area contributed by atoms with Gasteiger partial charge in [-0.15, -0.1) is 0 Å². The van der Waals surface area contributed by atoms with Crippen LogP contribution in [0.4, 0.5) is 0 Å². The first-order valence-corrected chi connectivity index (χ1v) is 6.83. The average molecular weight is 321 g/mol. The molecule has 128 valence electrons. The second-order valence-electron chi connectivity index (χ2n) is 4.72. The summed E-state index contributed by atoms with van der Waals surface area (Å²) in [5, 5.41) is 39.5. The number of ether oxygens (including phenoxy) is 1. The van der Waals surface area contributed by atoms with Crippen molar-refractivity contribution in [2.24, 2.45) is 5.92 Å².